The summed E-state index contributed by atoms with van der Waals surface area (Å²) in [4.78, 5) is 4.56. The molecular weight excluding hydrogens is 334 g/mol. The number of methoxy groups -OCH3 is 1. The maximum atomic E-state index is 10.4. The van der Waals surface area contributed by atoms with Crippen molar-refractivity contribution >= 4 is 11.9 Å². The van der Waals surface area contributed by atoms with Gasteiger partial charge in [-0.3, -0.25) is 4.99 Å². The standard InChI is InChI=1S/C24H27NO2/c1-27-22-5-3-21(4-6-22)25-15-19-11-20(2-7-23(19)26)24-12-16-8-17(13-24)10-18(9-16)14-24/h2-7,11,15-18,26H,8-10,12-14H2,1H3. The van der Waals surface area contributed by atoms with Gasteiger partial charge >= 0.3 is 0 Å². The first-order chi connectivity index (χ1) is 13.1. The Morgan fingerprint density at radius 1 is 0.963 bits per heavy atom. The molecule has 0 radical (unpaired) electrons. The molecule has 4 fully saturated rings. The number of nitrogens with zero attached hydrogens (tertiary/aromatic N) is 1. The van der Waals surface area contributed by atoms with Crippen LogP contribution in [0.25, 0.3) is 0 Å². The van der Waals surface area contributed by atoms with Gasteiger partial charge in [0.25, 0.3) is 0 Å². The van der Waals surface area contributed by atoms with Crippen LogP contribution in [-0.2, 0) is 5.41 Å². The largest absolute Gasteiger partial charge is 0.507 e. The molecule has 2 aromatic carbocycles. The highest BCUT2D eigenvalue weighted by Crippen LogP contribution is 2.60. The molecule has 6 rings (SSSR count). The quantitative estimate of drug-likeness (QED) is 0.718. The highest BCUT2D eigenvalue weighted by molar-refractivity contribution is 5.85. The third-order valence-electron chi connectivity index (χ3n) is 7.10. The van der Waals surface area contributed by atoms with Gasteiger partial charge in [-0.2, -0.15) is 0 Å². The molecule has 3 nitrogen and oxygen atoms in total. The normalized spacial score (nSPS) is 31.5. The van der Waals surface area contributed by atoms with Crippen LogP contribution in [0.4, 0.5) is 5.69 Å². The summed E-state index contributed by atoms with van der Waals surface area (Å²) in [5.74, 6) is 3.88. The summed E-state index contributed by atoms with van der Waals surface area (Å²) >= 11 is 0. The van der Waals surface area contributed by atoms with Gasteiger partial charge in [0.05, 0.1) is 12.8 Å². The Balaban J connectivity index is 1.44. The molecule has 27 heavy (non-hydrogen) atoms. The minimum Gasteiger partial charge on any atom is -0.507 e. The van der Waals surface area contributed by atoms with E-state index < -0.39 is 0 Å². The average molecular weight is 361 g/mol. The second-order valence-corrected chi connectivity index (χ2v) is 8.93. The Bertz CT molecular complexity index is 833. The van der Waals surface area contributed by atoms with Crippen LogP contribution in [0, 0.1) is 17.8 Å². The van der Waals surface area contributed by atoms with Crippen LogP contribution in [0.5, 0.6) is 11.5 Å². The van der Waals surface area contributed by atoms with Crippen LogP contribution in [0.2, 0.25) is 0 Å². The summed E-state index contributed by atoms with van der Waals surface area (Å²) in [6, 6.07) is 13.9. The smallest absolute Gasteiger partial charge is 0.124 e. The summed E-state index contributed by atoms with van der Waals surface area (Å²) in [7, 11) is 1.66. The summed E-state index contributed by atoms with van der Waals surface area (Å²) < 4.78 is 5.19. The molecular formula is C24H27NO2. The second-order valence-electron chi connectivity index (χ2n) is 8.93. The molecule has 0 amide bonds. The lowest BCUT2D eigenvalue weighted by Gasteiger charge is -2.57. The Kier molecular flexibility index (Phi) is 3.99. The third kappa shape index (κ3) is 3.03. The van der Waals surface area contributed by atoms with Gasteiger partial charge in [-0.25, -0.2) is 0 Å². The number of hydrogen-bond donors (Lipinski definition) is 1. The Labute approximate surface area is 161 Å². The predicted octanol–water partition coefficient (Wildman–Crippen LogP) is 5.62. The van der Waals surface area contributed by atoms with Crippen LogP contribution >= 0.6 is 0 Å². The molecule has 4 aliphatic carbocycles. The van der Waals surface area contributed by atoms with Crippen molar-refractivity contribution in [2.24, 2.45) is 22.7 Å². The molecule has 3 heteroatoms. The van der Waals surface area contributed by atoms with E-state index in [9.17, 15) is 5.11 Å². The van der Waals surface area contributed by atoms with Gasteiger partial charge < -0.3 is 9.84 Å². The zero-order chi connectivity index (χ0) is 18.4. The first-order valence-corrected chi connectivity index (χ1v) is 10.2. The maximum Gasteiger partial charge on any atom is 0.124 e. The summed E-state index contributed by atoms with van der Waals surface area (Å²) in [5.41, 5.74) is 3.43. The fourth-order valence-corrected chi connectivity index (χ4v) is 6.26. The molecule has 0 aliphatic heterocycles. The zero-order valence-corrected chi connectivity index (χ0v) is 15.9. The van der Waals surface area contributed by atoms with E-state index in [1.54, 1.807) is 13.3 Å². The molecule has 0 unspecified atom stereocenters. The lowest BCUT2D eigenvalue weighted by atomic mass is 9.48. The molecule has 0 atom stereocenters. The molecule has 4 saturated carbocycles. The maximum absolute atomic E-state index is 10.4. The predicted molar refractivity (Wildman–Crippen MR) is 108 cm³/mol. The van der Waals surface area contributed by atoms with E-state index in [2.05, 4.69) is 17.1 Å². The van der Waals surface area contributed by atoms with Crippen LogP contribution in [0.15, 0.2) is 47.5 Å². The van der Waals surface area contributed by atoms with Gasteiger partial charge in [0.1, 0.15) is 11.5 Å². The number of phenolic OH excluding ortho intramolecular Hbond substituents is 1. The summed E-state index contributed by atoms with van der Waals surface area (Å²) in [5, 5.41) is 10.4. The number of aromatic hydroxyl groups is 1. The third-order valence-corrected chi connectivity index (χ3v) is 7.10. The Morgan fingerprint density at radius 3 is 2.19 bits per heavy atom. The lowest BCUT2D eigenvalue weighted by Crippen LogP contribution is -2.48. The van der Waals surface area contributed by atoms with Gasteiger partial charge in [-0.1, -0.05) is 6.07 Å². The average Bonchev–Trinajstić information content (AvgIpc) is 2.66. The van der Waals surface area contributed by atoms with Gasteiger partial charge in [0, 0.05) is 11.8 Å². The first-order valence-electron chi connectivity index (χ1n) is 10.2. The zero-order valence-electron chi connectivity index (χ0n) is 15.9. The number of rotatable bonds is 4. The Morgan fingerprint density at radius 2 is 1.59 bits per heavy atom. The van der Waals surface area contributed by atoms with Gasteiger partial charge in [-0.05, 0) is 104 Å². The molecule has 4 aliphatic rings. The SMILES string of the molecule is COc1ccc(N=Cc2cc(C34CC5CC(CC(C5)C3)C4)ccc2O)cc1. The fourth-order valence-electron chi connectivity index (χ4n) is 6.26. The van der Waals surface area contributed by atoms with E-state index >= 15 is 0 Å². The molecule has 4 bridgehead atoms. The number of phenols is 1. The molecule has 1 N–H and O–H groups in total. The Hall–Kier alpha value is -2.29. The number of hydrogen-bond acceptors (Lipinski definition) is 3. The number of aliphatic imine (C=N–C) groups is 1. The molecule has 0 spiro atoms. The minimum absolute atomic E-state index is 0.306. The highest BCUT2D eigenvalue weighted by Gasteiger charge is 2.51. The van der Waals surface area contributed by atoms with Gasteiger partial charge in [0.15, 0.2) is 0 Å². The van der Waals surface area contributed by atoms with Crippen molar-refractivity contribution in [2.75, 3.05) is 7.11 Å². The molecule has 2 aromatic rings. The van der Waals surface area contributed by atoms with Crippen LogP contribution in [0.1, 0.15) is 49.7 Å². The van der Waals surface area contributed by atoms with Crippen LogP contribution in [0.3, 0.4) is 0 Å². The van der Waals surface area contributed by atoms with Gasteiger partial charge in [-0.15, -0.1) is 0 Å². The molecule has 0 heterocycles. The second kappa shape index (κ2) is 6.40. The van der Waals surface area contributed by atoms with E-state index in [1.165, 1.54) is 44.1 Å². The van der Waals surface area contributed by atoms with Crippen molar-refractivity contribution in [2.45, 2.75) is 43.9 Å². The first kappa shape index (κ1) is 16.9. The molecule has 0 saturated heterocycles. The lowest BCUT2D eigenvalue weighted by molar-refractivity contribution is -0.00520. The minimum atomic E-state index is 0.306. The summed E-state index contributed by atoms with van der Waals surface area (Å²) in [6.07, 6.45) is 10.1. The monoisotopic (exact) mass is 361 g/mol. The van der Waals surface area contributed by atoms with Crippen molar-refractivity contribution in [1.82, 2.24) is 0 Å². The fraction of sp³-hybridized carbons (Fsp3) is 0.458. The van der Waals surface area contributed by atoms with E-state index in [1.807, 2.05) is 30.3 Å². The topological polar surface area (TPSA) is 41.8 Å². The van der Waals surface area contributed by atoms with E-state index in [0.29, 0.717) is 11.2 Å². The summed E-state index contributed by atoms with van der Waals surface area (Å²) in [6.45, 7) is 0. The van der Waals surface area contributed by atoms with E-state index in [4.69, 9.17) is 4.74 Å². The van der Waals surface area contributed by atoms with Crippen LogP contribution < -0.4 is 4.74 Å². The van der Waals surface area contributed by atoms with E-state index in [-0.39, 0.29) is 0 Å². The number of benzene rings is 2. The van der Waals surface area contributed by atoms with Crippen molar-refractivity contribution in [3.63, 3.8) is 0 Å². The molecule has 140 valence electrons. The van der Waals surface area contributed by atoms with Gasteiger partial charge in [0.2, 0.25) is 0 Å². The number of ether oxygens (including phenoxy) is 1. The van der Waals surface area contributed by atoms with Crippen molar-refractivity contribution < 1.29 is 9.84 Å². The van der Waals surface area contributed by atoms with Crippen molar-refractivity contribution in [3.05, 3.63) is 53.6 Å². The van der Waals surface area contributed by atoms with Crippen molar-refractivity contribution in [1.29, 1.82) is 0 Å². The molecule has 0 aromatic heterocycles. The van der Waals surface area contributed by atoms with Crippen molar-refractivity contribution in [3.8, 4) is 11.5 Å². The van der Waals surface area contributed by atoms with E-state index in [0.717, 1.165) is 34.8 Å². The van der Waals surface area contributed by atoms with Crippen LogP contribution in [-0.4, -0.2) is 18.4 Å². The highest BCUT2D eigenvalue weighted by atomic mass is 16.5.